The Hall–Kier alpha value is -3.03. The fourth-order valence-corrected chi connectivity index (χ4v) is 2.61. The molecule has 9 heteroatoms. The number of imidazole rings is 1. The van der Waals surface area contributed by atoms with E-state index in [1.807, 2.05) is 30.3 Å². The Bertz CT molecular complexity index is 1110. The van der Waals surface area contributed by atoms with Crippen molar-refractivity contribution in [2.75, 3.05) is 10.6 Å². The van der Waals surface area contributed by atoms with Crippen LogP contribution in [-0.2, 0) is 0 Å². The number of anilines is 4. The molecule has 2 aromatic carbocycles. The molecule has 2 heterocycles. The molecule has 0 atom stereocenters. The molecule has 7 nitrogen and oxygen atoms in total. The summed E-state index contributed by atoms with van der Waals surface area (Å²) in [6, 6.07) is 14.6. The van der Waals surface area contributed by atoms with Crippen molar-refractivity contribution in [2.45, 2.75) is 0 Å². The average Bonchev–Trinajstić information content (AvgIpc) is 2.97. The molecule has 0 fully saturated rings. The van der Waals surface area contributed by atoms with Crippen LogP contribution in [0.4, 0.5) is 23.1 Å². The van der Waals surface area contributed by atoms with E-state index in [0.717, 1.165) is 16.9 Å². The molecule has 2 aromatic heterocycles. The topological polar surface area (TPSA) is 98.5 Å². The second-order valence-electron chi connectivity index (χ2n) is 5.33. The number of aromatic nitrogens is 4. The van der Waals surface area contributed by atoms with E-state index >= 15 is 0 Å². The largest absolute Gasteiger partial charge is 0.339 e. The van der Waals surface area contributed by atoms with Crippen molar-refractivity contribution in [1.29, 1.82) is 0 Å². The number of nitrogens with one attached hydrogen (secondary N) is 4. The fraction of sp³-hybridized carbons (Fsp3) is 0. The monoisotopic (exact) mass is 388 g/mol. The van der Waals surface area contributed by atoms with Crippen LogP contribution in [0, 0.1) is 0 Å². The number of H-pyrrole nitrogens is 2. The number of hydrogen-bond donors (Lipinski definition) is 4. The Labute approximate surface area is 159 Å². The minimum Gasteiger partial charge on any atom is -0.339 e. The van der Waals surface area contributed by atoms with Crippen molar-refractivity contribution in [1.82, 2.24) is 19.9 Å². The van der Waals surface area contributed by atoms with Crippen LogP contribution < -0.4 is 16.3 Å². The molecule has 0 aliphatic heterocycles. The van der Waals surface area contributed by atoms with Gasteiger partial charge in [-0.1, -0.05) is 23.7 Å². The molecule has 4 aromatic rings. The van der Waals surface area contributed by atoms with Gasteiger partial charge in [0.1, 0.15) is 5.82 Å². The van der Waals surface area contributed by atoms with Gasteiger partial charge in [0, 0.05) is 11.9 Å². The molecule has 132 valence electrons. The highest BCUT2D eigenvalue weighted by Gasteiger charge is 2.05. The van der Waals surface area contributed by atoms with Gasteiger partial charge >= 0.3 is 5.69 Å². The Morgan fingerprint density at radius 2 is 1.77 bits per heavy atom. The van der Waals surface area contributed by atoms with Crippen LogP contribution in [0.15, 0.2) is 59.5 Å². The van der Waals surface area contributed by atoms with Crippen LogP contribution in [0.2, 0.25) is 5.02 Å². The molecule has 0 saturated heterocycles. The molecule has 0 unspecified atom stereocenters. The highest BCUT2D eigenvalue weighted by atomic mass is 35.5. The normalized spacial score (nSPS) is 10.3. The minimum absolute atomic E-state index is 0. The maximum absolute atomic E-state index is 11.3. The zero-order chi connectivity index (χ0) is 17.2. The predicted octanol–water partition coefficient (Wildman–Crippen LogP) is 4.21. The molecule has 0 saturated carbocycles. The molecule has 4 rings (SSSR count). The van der Waals surface area contributed by atoms with Gasteiger partial charge in [-0.25, -0.2) is 9.78 Å². The standard InChI is InChI=1S/C17H13ClN6O.ClH/c18-11-3-1-2-4-12(11)21-15-7-8-19-16(24-15)20-10-5-6-13-14(9-10)23-17(25)22-13;/h1-9H,(H2,22,23,25)(H2,19,20,21,24);1H. The number of fused-ring (bicyclic) bond motifs is 1. The van der Waals surface area contributed by atoms with Gasteiger partial charge in [0.2, 0.25) is 5.95 Å². The zero-order valence-electron chi connectivity index (χ0n) is 13.3. The summed E-state index contributed by atoms with van der Waals surface area (Å²) in [7, 11) is 0. The zero-order valence-corrected chi connectivity index (χ0v) is 14.9. The maximum Gasteiger partial charge on any atom is 0.323 e. The second kappa shape index (κ2) is 7.47. The first-order valence-electron chi connectivity index (χ1n) is 7.51. The van der Waals surface area contributed by atoms with Crippen LogP contribution in [-0.4, -0.2) is 19.9 Å². The summed E-state index contributed by atoms with van der Waals surface area (Å²) in [5.41, 5.74) is 2.73. The first-order chi connectivity index (χ1) is 12.2. The van der Waals surface area contributed by atoms with E-state index in [2.05, 4.69) is 30.6 Å². The van der Waals surface area contributed by atoms with Crippen LogP contribution in [0.3, 0.4) is 0 Å². The molecular formula is C17H14Cl2N6O. The molecule has 0 bridgehead atoms. The Balaban J connectivity index is 0.00000196. The van der Waals surface area contributed by atoms with E-state index in [1.54, 1.807) is 24.4 Å². The number of para-hydroxylation sites is 1. The van der Waals surface area contributed by atoms with Crippen LogP contribution in [0.25, 0.3) is 11.0 Å². The first kappa shape index (κ1) is 17.8. The van der Waals surface area contributed by atoms with E-state index < -0.39 is 0 Å². The van der Waals surface area contributed by atoms with Crippen molar-refractivity contribution in [3.63, 3.8) is 0 Å². The predicted molar refractivity (Wildman–Crippen MR) is 106 cm³/mol. The first-order valence-corrected chi connectivity index (χ1v) is 7.89. The third-order valence-electron chi connectivity index (χ3n) is 3.56. The summed E-state index contributed by atoms with van der Waals surface area (Å²) in [5.74, 6) is 1.04. The van der Waals surface area contributed by atoms with E-state index in [1.165, 1.54) is 0 Å². The van der Waals surface area contributed by atoms with Crippen LogP contribution in [0.1, 0.15) is 0 Å². The molecule has 0 radical (unpaired) electrons. The lowest BCUT2D eigenvalue weighted by Gasteiger charge is -2.09. The number of rotatable bonds is 4. The van der Waals surface area contributed by atoms with Gasteiger partial charge in [0.05, 0.1) is 21.7 Å². The van der Waals surface area contributed by atoms with Crippen LogP contribution >= 0.6 is 24.0 Å². The number of nitrogens with zero attached hydrogens (tertiary/aromatic N) is 2. The highest BCUT2D eigenvalue weighted by molar-refractivity contribution is 6.33. The van der Waals surface area contributed by atoms with E-state index in [4.69, 9.17) is 11.6 Å². The lowest BCUT2D eigenvalue weighted by Crippen LogP contribution is -2.00. The van der Waals surface area contributed by atoms with Gasteiger partial charge < -0.3 is 20.6 Å². The van der Waals surface area contributed by atoms with Gasteiger partial charge in [0.15, 0.2) is 0 Å². The Morgan fingerprint density at radius 1 is 0.962 bits per heavy atom. The summed E-state index contributed by atoms with van der Waals surface area (Å²) in [6.07, 6.45) is 1.64. The fourth-order valence-electron chi connectivity index (χ4n) is 2.43. The SMILES string of the molecule is Cl.O=c1[nH]c2ccc(Nc3nccc(Nc4ccccc4Cl)n3)cc2[nH]1. The van der Waals surface area contributed by atoms with Gasteiger partial charge in [-0.05, 0) is 36.4 Å². The van der Waals surface area contributed by atoms with Crippen molar-refractivity contribution in [3.8, 4) is 0 Å². The Morgan fingerprint density at radius 3 is 2.62 bits per heavy atom. The van der Waals surface area contributed by atoms with Crippen molar-refractivity contribution < 1.29 is 0 Å². The quantitative estimate of drug-likeness (QED) is 0.419. The maximum atomic E-state index is 11.3. The summed E-state index contributed by atoms with van der Waals surface area (Å²) >= 11 is 6.15. The second-order valence-corrected chi connectivity index (χ2v) is 5.74. The lowest BCUT2D eigenvalue weighted by molar-refractivity contribution is 1.17. The number of hydrogen-bond acceptors (Lipinski definition) is 5. The third-order valence-corrected chi connectivity index (χ3v) is 3.89. The van der Waals surface area contributed by atoms with Gasteiger partial charge in [-0.2, -0.15) is 4.98 Å². The van der Waals surface area contributed by atoms with Crippen LogP contribution in [0.5, 0.6) is 0 Å². The number of halogens is 2. The molecule has 0 aliphatic carbocycles. The molecule has 4 N–H and O–H groups in total. The van der Waals surface area contributed by atoms with Crippen molar-refractivity contribution >= 4 is 58.2 Å². The summed E-state index contributed by atoms with van der Waals surface area (Å²) in [5, 5.41) is 6.88. The summed E-state index contributed by atoms with van der Waals surface area (Å²) in [6.45, 7) is 0. The highest BCUT2D eigenvalue weighted by Crippen LogP contribution is 2.24. The number of benzene rings is 2. The Kier molecular flexibility index (Phi) is 5.11. The molecule has 0 spiro atoms. The number of aromatic amines is 2. The lowest BCUT2D eigenvalue weighted by atomic mass is 10.3. The summed E-state index contributed by atoms with van der Waals surface area (Å²) in [4.78, 5) is 25.4. The van der Waals surface area contributed by atoms with E-state index in [-0.39, 0.29) is 18.1 Å². The average molecular weight is 389 g/mol. The van der Waals surface area contributed by atoms with E-state index in [0.29, 0.717) is 22.3 Å². The third kappa shape index (κ3) is 3.79. The van der Waals surface area contributed by atoms with E-state index in [9.17, 15) is 4.79 Å². The molecule has 0 amide bonds. The van der Waals surface area contributed by atoms with Crippen molar-refractivity contribution in [2.24, 2.45) is 0 Å². The smallest absolute Gasteiger partial charge is 0.323 e. The summed E-state index contributed by atoms with van der Waals surface area (Å²) < 4.78 is 0. The van der Waals surface area contributed by atoms with Crippen molar-refractivity contribution in [3.05, 3.63) is 70.2 Å². The molecule has 0 aliphatic rings. The van der Waals surface area contributed by atoms with Gasteiger partial charge in [-0.15, -0.1) is 12.4 Å². The minimum atomic E-state index is -0.241. The molecular weight excluding hydrogens is 375 g/mol. The van der Waals surface area contributed by atoms with Gasteiger partial charge in [-0.3, -0.25) is 0 Å². The van der Waals surface area contributed by atoms with Gasteiger partial charge in [0.25, 0.3) is 0 Å². The molecule has 26 heavy (non-hydrogen) atoms.